The Hall–Kier alpha value is -3.02. The lowest BCUT2D eigenvalue weighted by Crippen LogP contribution is -2.34. The number of hydrogen-bond donors (Lipinski definition) is 2. The number of hydrogen-bond acceptors (Lipinski definition) is 8. The quantitative estimate of drug-likeness (QED) is 0.368. The fourth-order valence-corrected chi connectivity index (χ4v) is 5.46. The van der Waals surface area contributed by atoms with E-state index in [-0.39, 0.29) is 24.9 Å². The third-order valence-corrected chi connectivity index (χ3v) is 7.67. The second kappa shape index (κ2) is 9.94. The smallest absolute Gasteiger partial charge is 0.296 e. The molecule has 4 aromatic rings. The molecular weight excluding hydrogens is 528 g/mol. The summed E-state index contributed by atoms with van der Waals surface area (Å²) in [6, 6.07) is 18.1. The largest absolute Gasteiger partial charge is 0.456 e. The molecule has 4 atom stereocenters. The first-order valence-electron chi connectivity index (χ1n) is 12.2. The van der Waals surface area contributed by atoms with E-state index in [1.54, 1.807) is 18.6 Å². The number of ether oxygens (including phenoxy) is 3. The predicted molar refractivity (Wildman–Crippen MR) is 146 cm³/mol. The number of aromatic nitrogens is 3. The van der Waals surface area contributed by atoms with Crippen molar-refractivity contribution >= 4 is 32.5 Å². The molecule has 198 valence electrons. The lowest BCUT2D eigenvalue weighted by molar-refractivity contribution is 0.00706. The van der Waals surface area contributed by atoms with Crippen molar-refractivity contribution in [3.63, 3.8) is 0 Å². The number of nitrogens with one attached hydrogen (secondary N) is 1. The molecule has 0 spiro atoms. The summed E-state index contributed by atoms with van der Waals surface area (Å²) in [5.74, 6) is 0. The van der Waals surface area contributed by atoms with Gasteiger partial charge in [0.05, 0.1) is 36.0 Å². The molecule has 6 rings (SSSR count). The molecule has 0 bridgehead atoms. The molecule has 0 saturated carbocycles. The van der Waals surface area contributed by atoms with E-state index in [1.807, 2.05) is 42.5 Å². The van der Waals surface area contributed by atoms with Crippen molar-refractivity contribution in [1.82, 2.24) is 15.0 Å². The molecule has 9 nitrogen and oxygen atoms in total. The standard InChI is InChI=1S/C27H27ClN4O5S/c1-38(2,34)29-12-15-4-3-5-18(10-15)16-6-8-17(9-7-16)23-19(28)11-20-26(31-23)32-27(30-20)37-22-14-36-24-21(33)13-35-25(22)24/h3-11,21-22,24-25,33H,12-14H2,1-2H3,(H,30,31,32)/t21-,22-,24-,25-/m1/s1. The predicted octanol–water partition coefficient (Wildman–Crippen LogP) is 4.08. The number of aromatic amines is 1. The lowest BCUT2D eigenvalue weighted by atomic mass is 10.0. The number of imidazole rings is 1. The topological polar surface area (TPSA) is 119 Å². The summed E-state index contributed by atoms with van der Waals surface area (Å²) in [6.07, 6.45) is 1.54. The molecule has 4 heterocycles. The van der Waals surface area contributed by atoms with Crippen LogP contribution in [0.2, 0.25) is 5.02 Å². The Morgan fingerprint density at radius 3 is 2.61 bits per heavy atom. The fraction of sp³-hybridized carbons (Fsp3) is 0.333. The van der Waals surface area contributed by atoms with Crippen molar-refractivity contribution < 1.29 is 23.5 Å². The zero-order valence-corrected chi connectivity index (χ0v) is 22.4. The maximum Gasteiger partial charge on any atom is 0.296 e. The number of benzene rings is 2. The highest BCUT2D eigenvalue weighted by Crippen LogP contribution is 2.33. The molecule has 2 aromatic carbocycles. The lowest BCUT2D eigenvalue weighted by Gasteiger charge is -2.15. The SMILES string of the molecule is CS(C)(=O)=NCc1cccc(-c2ccc(-c3nc4nc(O[C@@H]5CO[C@H]6[C@@H]5OC[C@H]6O)[nH]c4cc3Cl)cc2)c1. The number of rotatable bonds is 6. The third kappa shape index (κ3) is 5.14. The molecular formula is C27H27ClN4O5S. The van der Waals surface area contributed by atoms with E-state index in [0.29, 0.717) is 41.0 Å². The zero-order valence-electron chi connectivity index (χ0n) is 20.8. The van der Waals surface area contributed by atoms with Crippen LogP contribution in [0.4, 0.5) is 0 Å². The molecule has 0 amide bonds. The molecule has 2 aromatic heterocycles. The average Bonchev–Trinajstić information content (AvgIpc) is 3.59. The minimum absolute atomic E-state index is 0.233. The summed E-state index contributed by atoms with van der Waals surface area (Å²) in [4.78, 5) is 12.3. The summed E-state index contributed by atoms with van der Waals surface area (Å²) >= 11 is 6.60. The van der Waals surface area contributed by atoms with Crippen molar-refractivity contribution in [3.05, 3.63) is 65.2 Å². The summed E-state index contributed by atoms with van der Waals surface area (Å²) < 4.78 is 33.4. The molecule has 2 aliphatic heterocycles. The van der Waals surface area contributed by atoms with Crippen LogP contribution in [0.3, 0.4) is 0 Å². The van der Waals surface area contributed by atoms with Crippen molar-refractivity contribution in [3.8, 4) is 28.4 Å². The second-order valence-electron chi connectivity index (χ2n) is 9.80. The van der Waals surface area contributed by atoms with Gasteiger partial charge in [0.1, 0.15) is 18.3 Å². The fourth-order valence-electron chi connectivity index (χ4n) is 4.74. The van der Waals surface area contributed by atoms with E-state index >= 15 is 0 Å². The summed E-state index contributed by atoms with van der Waals surface area (Å²) in [5.41, 5.74) is 5.68. The van der Waals surface area contributed by atoms with Gasteiger partial charge in [-0.05, 0) is 28.8 Å². The first-order valence-corrected chi connectivity index (χ1v) is 14.9. The van der Waals surface area contributed by atoms with Gasteiger partial charge in [0, 0.05) is 27.8 Å². The van der Waals surface area contributed by atoms with Gasteiger partial charge in [-0.25, -0.2) is 9.35 Å². The van der Waals surface area contributed by atoms with Gasteiger partial charge in [-0.15, -0.1) is 0 Å². The van der Waals surface area contributed by atoms with Crippen LogP contribution in [0.5, 0.6) is 6.01 Å². The number of aliphatic hydroxyl groups is 1. The molecule has 0 radical (unpaired) electrons. The molecule has 2 fully saturated rings. The molecule has 38 heavy (non-hydrogen) atoms. The molecule has 2 N–H and O–H groups in total. The number of halogens is 1. The first kappa shape index (κ1) is 25.3. The van der Waals surface area contributed by atoms with E-state index in [1.165, 1.54) is 0 Å². The molecule has 0 aliphatic carbocycles. The van der Waals surface area contributed by atoms with Gasteiger partial charge in [-0.3, -0.25) is 4.21 Å². The minimum atomic E-state index is -2.15. The molecule has 0 unspecified atom stereocenters. The normalized spacial score (nSPS) is 23.1. The summed E-state index contributed by atoms with van der Waals surface area (Å²) in [7, 11) is -2.15. The third-order valence-electron chi connectivity index (χ3n) is 6.63. The van der Waals surface area contributed by atoms with E-state index in [0.717, 1.165) is 22.3 Å². The van der Waals surface area contributed by atoms with Crippen molar-refractivity contribution in [2.75, 3.05) is 25.7 Å². The molecule has 2 saturated heterocycles. The number of nitrogens with zero attached hydrogens (tertiary/aromatic N) is 3. The Morgan fingerprint density at radius 2 is 1.82 bits per heavy atom. The Bertz CT molecular complexity index is 1610. The van der Waals surface area contributed by atoms with Crippen LogP contribution in [-0.4, -0.2) is 74.4 Å². The van der Waals surface area contributed by atoms with Crippen molar-refractivity contribution in [1.29, 1.82) is 0 Å². The highest BCUT2D eigenvalue weighted by molar-refractivity contribution is 7.92. The Balaban J connectivity index is 1.22. The van der Waals surface area contributed by atoms with Crippen LogP contribution in [0.1, 0.15) is 5.56 Å². The van der Waals surface area contributed by atoms with E-state index < -0.39 is 15.8 Å². The van der Waals surface area contributed by atoms with Crippen LogP contribution < -0.4 is 4.74 Å². The van der Waals surface area contributed by atoms with Crippen molar-refractivity contribution in [2.45, 2.75) is 31.0 Å². The van der Waals surface area contributed by atoms with Crippen LogP contribution in [0, 0.1) is 0 Å². The highest BCUT2D eigenvalue weighted by atomic mass is 35.5. The minimum Gasteiger partial charge on any atom is -0.456 e. The van der Waals surface area contributed by atoms with Crippen LogP contribution in [0.15, 0.2) is 59.0 Å². The summed E-state index contributed by atoms with van der Waals surface area (Å²) in [5, 5.41) is 10.4. The van der Waals surface area contributed by atoms with E-state index in [2.05, 4.69) is 25.4 Å². The van der Waals surface area contributed by atoms with Crippen LogP contribution in [0.25, 0.3) is 33.5 Å². The molecule has 11 heteroatoms. The number of fused-ring (bicyclic) bond motifs is 2. The van der Waals surface area contributed by atoms with Gasteiger partial charge in [0.25, 0.3) is 6.01 Å². The van der Waals surface area contributed by atoms with Gasteiger partial charge >= 0.3 is 0 Å². The maximum absolute atomic E-state index is 11.9. The first-order chi connectivity index (χ1) is 18.2. The number of aliphatic hydroxyl groups excluding tert-OH is 1. The Morgan fingerprint density at radius 1 is 1.05 bits per heavy atom. The van der Waals surface area contributed by atoms with Crippen LogP contribution >= 0.6 is 11.6 Å². The van der Waals surface area contributed by atoms with Gasteiger partial charge in [-0.2, -0.15) is 4.98 Å². The Kier molecular flexibility index (Phi) is 6.61. The van der Waals surface area contributed by atoms with Gasteiger partial charge in [-0.1, -0.05) is 54.1 Å². The summed E-state index contributed by atoms with van der Waals surface area (Å²) in [6.45, 7) is 0.956. The van der Waals surface area contributed by atoms with E-state index in [4.69, 9.17) is 25.8 Å². The van der Waals surface area contributed by atoms with Crippen molar-refractivity contribution in [2.24, 2.45) is 4.36 Å². The molecule has 2 aliphatic rings. The Labute approximate surface area is 225 Å². The maximum atomic E-state index is 11.9. The van der Waals surface area contributed by atoms with E-state index in [9.17, 15) is 9.32 Å². The monoisotopic (exact) mass is 554 g/mol. The number of pyridine rings is 1. The van der Waals surface area contributed by atoms with Gasteiger partial charge < -0.3 is 24.3 Å². The number of H-pyrrole nitrogens is 1. The zero-order chi connectivity index (χ0) is 26.4. The second-order valence-corrected chi connectivity index (χ2v) is 12.8. The highest BCUT2D eigenvalue weighted by Gasteiger charge is 2.48. The van der Waals surface area contributed by atoms with Gasteiger partial charge in [0.2, 0.25) is 0 Å². The van der Waals surface area contributed by atoms with Gasteiger partial charge in [0.15, 0.2) is 11.8 Å². The van der Waals surface area contributed by atoms with Crippen LogP contribution in [-0.2, 0) is 25.7 Å². The average molecular weight is 555 g/mol.